The maximum absolute atomic E-state index is 9.11. The van der Waals surface area contributed by atoms with Gasteiger partial charge in [-0.1, -0.05) is 18.2 Å². The van der Waals surface area contributed by atoms with Crippen molar-refractivity contribution in [3.05, 3.63) is 41.5 Å². The van der Waals surface area contributed by atoms with E-state index in [0.29, 0.717) is 0 Å². The summed E-state index contributed by atoms with van der Waals surface area (Å²) in [6.07, 6.45) is 8.47. The molecule has 1 aromatic carbocycles. The molecular formula is C23H35N3O2. The Labute approximate surface area is 169 Å². The monoisotopic (exact) mass is 385 g/mol. The van der Waals surface area contributed by atoms with Crippen molar-refractivity contribution in [1.82, 2.24) is 14.7 Å². The summed E-state index contributed by atoms with van der Waals surface area (Å²) in [5.74, 6) is 1.87. The number of β-amino-alcohol motifs (C(OH)–C–C–N with tert-alkyl or cyclic N) is 1. The van der Waals surface area contributed by atoms with E-state index in [2.05, 4.69) is 45.1 Å². The molecule has 0 radical (unpaired) electrons. The van der Waals surface area contributed by atoms with Crippen LogP contribution in [0, 0.1) is 5.92 Å². The van der Waals surface area contributed by atoms with Crippen LogP contribution in [-0.2, 0) is 13.1 Å². The Morgan fingerprint density at radius 3 is 2.64 bits per heavy atom. The van der Waals surface area contributed by atoms with Crippen molar-refractivity contribution >= 4 is 0 Å². The first-order valence-electron chi connectivity index (χ1n) is 11.0. The van der Waals surface area contributed by atoms with Crippen molar-refractivity contribution in [2.45, 2.75) is 32.4 Å². The number of hydrogen-bond donors (Lipinski definition) is 1. The fraction of sp³-hybridized carbons (Fsp3) is 0.652. The van der Waals surface area contributed by atoms with Crippen molar-refractivity contribution in [3.63, 3.8) is 0 Å². The van der Waals surface area contributed by atoms with Crippen LogP contribution >= 0.6 is 0 Å². The number of nitrogens with zero attached hydrogens (tertiary/aromatic N) is 3. The van der Waals surface area contributed by atoms with Gasteiger partial charge in [0.15, 0.2) is 0 Å². The molecule has 0 saturated carbocycles. The highest BCUT2D eigenvalue weighted by Gasteiger charge is 2.21. The molecule has 0 aromatic heterocycles. The number of ether oxygens (including phenoxy) is 1. The van der Waals surface area contributed by atoms with E-state index >= 15 is 0 Å². The molecule has 0 spiro atoms. The predicted molar refractivity (Wildman–Crippen MR) is 112 cm³/mol. The molecule has 154 valence electrons. The minimum Gasteiger partial charge on any atom is -0.492 e. The Balaban J connectivity index is 1.35. The van der Waals surface area contributed by atoms with Crippen LogP contribution < -0.4 is 4.74 Å². The third-order valence-electron chi connectivity index (χ3n) is 6.37. The molecule has 2 heterocycles. The third-order valence-corrected chi connectivity index (χ3v) is 6.37. The van der Waals surface area contributed by atoms with Gasteiger partial charge in [-0.25, -0.2) is 0 Å². The second-order valence-corrected chi connectivity index (χ2v) is 8.52. The largest absolute Gasteiger partial charge is 0.492 e. The van der Waals surface area contributed by atoms with E-state index < -0.39 is 0 Å². The first kappa shape index (κ1) is 19.9. The van der Waals surface area contributed by atoms with E-state index in [4.69, 9.17) is 9.84 Å². The van der Waals surface area contributed by atoms with Crippen LogP contribution in [0.3, 0.4) is 0 Å². The lowest BCUT2D eigenvalue weighted by molar-refractivity contribution is 0.108. The average molecular weight is 386 g/mol. The summed E-state index contributed by atoms with van der Waals surface area (Å²) in [5.41, 5.74) is 2.74. The van der Waals surface area contributed by atoms with Gasteiger partial charge >= 0.3 is 0 Å². The van der Waals surface area contributed by atoms with E-state index in [1.165, 1.54) is 36.9 Å². The molecule has 1 fully saturated rings. The Bertz CT molecular complexity index is 655. The predicted octanol–water partition coefficient (Wildman–Crippen LogP) is 2.35. The summed E-state index contributed by atoms with van der Waals surface area (Å²) < 4.78 is 6.05. The molecule has 5 heteroatoms. The highest BCUT2D eigenvalue weighted by atomic mass is 16.5. The Morgan fingerprint density at radius 2 is 1.86 bits per heavy atom. The average Bonchev–Trinajstić information content (AvgIpc) is 2.92. The summed E-state index contributed by atoms with van der Waals surface area (Å²) >= 11 is 0. The van der Waals surface area contributed by atoms with Crippen molar-refractivity contribution in [3.8, 4) is 5.75 Å². The zero-order valence-electron chi connectivity index (χ0n) is 17.1. The van der Waals surface area contributed by atoms with Gasteiger partial charge in [-0.15, -0.1) is 0 Å². The van der Waals surface area contributed by atoms with Crippen LogP contribution in [0.5, 0.6) is 5.75 Å². The van der Waals surface area contributed by atoms with Crippen LogP contribution in [0.1, 0.15) is 30.4 Å². The highest BCUT2D eigenvalue weighted by molar-refractivity contribution is 5.38. The molecule has 1 N–H and O–H groups in total. The highest BCUT2D eigenvalue weighted by Crippen LogP contribution is 2.27. The van der Waals surface area contributed by atoms with Gasteiger partial charge in [-0.3, -0.25) is 14.7 Å². The van der Waals surface area contributed by atoms with Crippen LogP contribution in [0.4, 0.5) is 0 Å². The SMILES string of the molecule is OCCN1CCN(Cc2ccc3c(c2)CN(C[C@@H]2CC=CCC2)CCO3)CC1. The van der Waals surface area contributed by atoms with Crippen molar-refractivity contribution in [2.75, 3.05) is 59.0 Å². The zero-order chi connectivity index (χ0) is 19.2. The van der Waals surface area contributed by atoms with E-state index in [0.717, 1.165) is 70.6 Å². The maximum Gasteiger partial charge on any atom is 0.123 e. The first-order valence-corrected chi connectivity index (χ1v) is 11.0. The number of benzene rings is 1. The van der Waals surface area contributed by atoms with Crippen molar-refractivity contribution < 1.29 is 9.84 Å². The molecule has 4 rings (SSSR count). The van der Waals surface area contributed by atoms with Gasteiger partial charge in [0.2, 0.25) is 0 Å². The lowest BCUT2D eigenvalue weighted by Crippen LogP contribution is -2.46. The van der Waals surface area contributed by atoms with Crippen LogP contribution in [0.15, 0.2) is 30.4 Å². The van der Waals surface area contributed by atoms with Crippen LogP contribution in [0.2, 0.25) is 0 Å². The topological polar surface area (TPSA) is 39.2 Å². The zero-order valence-corrected chi connectivity index (χ0v) is 17.1. The Hall–Kier alpha value is -1.40. The van der Waals surface area contributed by atoms with E-state index in [-0.39, 0.29) is 6.61 Å². The van der Waals surface area contributed by atoms with Gasteiger partial charge in [0.05, 0.1) is 6.61 Å². The summed E-state index contributed by atoms with van der Waals surface area (Å²) in [6, 6.07) is 6.79. The molecule has 1 saturated heterocycles. The van der Waals surface area contributed by atoms with Gasteiger partial charge in [0, 0.05) is 64.5 Å². The first-order chi connectivity index (χ1) is 13.8. The quantitative estimate of drug-likeness (QED) is 0.761. The molecular weight excluding hydrogens is 350 g/mol. The smallest absolute Gasteiger partial charge is 0.123 e. The fourth-order valence-electron chi connectivity index (χ4n) is 4.71. The minimum absolute atomic E-state index is 0.262. The molecule has 2 aliphatic heterocycles. The molecule has 5 nitrogen and oxygen atoms in total. The van der Waals surface area contributed by atoms with Crippen molar-refractivity contribution in [1.29, 1.82) is 0 Å². The lowest BCUT2D eigenvalue weighted by Gasteiger charge is -2.34. The van der Waals surface area contributed by atoms with Crippen molar-refractivity contribution in [2.24, 2.45) is 5.92 Å². The summed E-state index contributed by atoms with van der Waals surface area (Å²) in [7, 11) is 0. The molecule has 28 heavy (non-hydrogen) atoms. The maximum atomic E-state index is 9.11. The number of aliphatic hydroxyl groups excluding tert-OH is 1. The lowest BCUT2D eigenvalue weighted by atomic mass is 9.94. The van der Waals surface area contributed by atoms with Gasteiger partial charge in [-0.05, 0) is 42.9 Å². The van der Waals surface area contributed by atoms with E-state index in [1.807, 2.05) is 0 Å². The summed E-state index contributed by atoms with van der Waals surface area (Å²) in [6.45, 7) is 10.3. The number of piperazine rings is 1. The van der Waals surface area contributed by atoms with Gasteiger partial charge in [0.1, 0.15) is 12.4 Å². The standard InChI is InChI=1S/C23H35N3O2/c27-14-12-24-8-10-25(11-9-24)18-21-6-7-23-22(16-21)19-26(13-15-28-23)17-20-4-2-1-3-5-20/h1-2,6-7,16,20,27H,3-5,8-15,17-19H2/t20-/m1/s1. The molecule has 3 aliphatic rings. The Kier molecular flexibility index (Phi) is 7.02. The number of aliphatic hydroxyl groups is 1. The normalized spacial score (nSPS) is 24.5. The number of hydrogen-bond acceptors (Lipinski definition) is 5. The molecule has 1 atom stereocenters. The summed E-state index contributed by atoms with van der Waals surface area (Å²) in [4.78, 5) is 7.46. The second-order valence-electron chi connectivity index (χ2n) is 8.52. The van der Waals surface area contributed by atoms with Gasteiger partial charge in [-0.2, -0.15) is 0 Å². The Morgan fingerprint density at radius 1 is 1.00 bits per heavy atom. The number of allylic oxidation sites excluding steroid dienone is 2. The number of fused-ring (bicyclic) bond motifs is 1. The van der Waals surface area contributed by atoms with Gasteiger partial charge < -0.3 is 9.84 Å². The molecule has 1 aliphatic carbocycles. The second kappa shape index (κ2) is 9.88. The van der Waals surface area contributed by atoms with Crippen LogP contribution in [-0.4, -0.2) is 78.8 Å². The molecule has 0 unspecified atom stereocenters. The van der Waals surface area contributed by atoms with E-state index in [9.17, 15) is 0 Å². The molecule has 0 bridgehead atoms. The number of rotatable bonds is 6. The molecule has 1 aromatic rings. The molecule has 0 amide bonds. The summed E-state index contributed by atoms with van der Waals surface area (Å²) in [5, 5.41) is 9.11. The minimum atomic E-state index is 0.262. The van der Waals surface area contributed by atoms with Gasteiger partial charge in [0.25, 0.3) is 0 Å². The third kappa shape index (κ3) is 5.35. The van der Waals surface area contributed by atoms with Crippen LogP contribution in [0.25, 0.3) is 0 Å². The fourth-order valence-corrected chi connectivity index (χ4v) is 4.71. The van der Waals surface area contributed by atoms with E-state index in [1.54, 1.807) is 0 Å².